The first-order valence-corrected chi connectivity index (χ1v) is 8.88. The standard InChI is InChI=1S/C16H18N6O2S/c1-11(13-3-5-14(6-4-13)22-10-17-9-18-22)19-16(23)8-25-7-15-20-12(2)24-21-15/h3-6,9-11H,7-8H2,1-2H3,(H,19,23). The molecule has 0 saturated heterocycles. The van der Waals surface area contributed by atoms with Gasteiger partial charge in [-0.25, -0.2) is 9.67 Å². The molecule has 0 spiro atoms. The molecule has 1 N–H and O–H groups in total. The van der Waals surface area contributed by atoms with Gasteiger partial charge >= 0.3 is 0 Å². The number of thioether (sulfide) groups is 1. The summed E-state index contributed by atoms with van der Waals surface area (Å²) in [4.78, 5) is 20.1. The van der Waals surface area contributed by atoms with E-state index >= 15 is 0 Å². The molecular weight excluding hydrogens is 340 g/mol. The van der Waals surface area contributed by atoms with E-state index in [0.717, 1.165) is 11.3 Å². The van der Waals surface area contributed by atoms with Gasteiger partial charge in [0.25, 0.3) is 0 Å². The predicted molar refractivity (Wildman–Crippen MR) is 93.1 cm³/mol. The average molecular weight is 358 g/mol. The average Bonchev–Trinajstić information content (AvgIpc) is 3.27. The fourth-order valence-corrected chi connectivity index (χ4v) is 2.93. The van der Waals surface area contributed by atoms with Crippen molar-refractivity contribution in [2.75, 3.05) is 5.75 Å². The molecule has 0 saturated carbocycles. The van der Waals surface area contributed by atoms with Crippen LogP contribution in [0.4, 0.5) is 0 Å². The van der Waals surface area contributed by atoms with Crippen LogP contribution in [0.3, 0.4) is 0 Å². The molecule has 3 rings (SSSR count). The molecule has 9 heteroatoms. The molecule has 0 aliphatic heterocycles. The van der Waals surface area contributed by atoms with E-state index in [1.54, 1.807) is 17.9 Å². The molecule has 1 atom stereocenters. The number of nitrogens with one attached hydrogen (secondary N) is 1. The van der Waals surface area contributed by atoms with Crippen LogP contribution in [-0.4, -0.2) is 36.6 Å². The molecule has 2 aromatic heterocycles. The van der Waals surface area contributed by atoms with Crippen LogP contribution in [-0.2, 0) is 10.5 Å². The maximum absolute atomic E-state index is 12.1. The van der Waals surface area contributed by atoms with E-state index in [4.69, 9.17) is 4.52 Å². The largest absolute Gasteiger partial charge is 0.349 e. The number of rotatable bonds is 7. The Labute approximate surface area is 149 Å². The topological polar surface area (TPSA) is 98.7 Å². The zero-order valence-electron chi connectivity index (χ0n) is 13.9. The zero-order valence-corrected chi connectivity index (χ0v) is 14.7. The summed E-state index contributed by atoms with van der Waals surface area (Å²) in [5.41, 5.74) is 1.95. The van der Waals surface area contributed by atoms with Gasteiger partial charge in [-0.3, -0.25) is 4.79 Å². The Bertz CT molecular complexity index is 816. The molecule has 0 aliphatic carbocycles. The predicted octanol–water partition coefficient (Wildman–Crippen LogP) is 2.07. The first kappa shape index (κ1) is 17.2. The third-order valence-electron chi connectivity index (χ3n) is 3.49. The summed E-state index contributed by atoms with van der Waals surface area (Å²) in [5, 5.41) is 10.9. The molecule has 1 aromatic carbocycles. The minimum Gasteiger partial charge on any atom is -0.349 e. The van der Waals surface area contributed by atoms with Crippen molar-refractivity contribution in [2.24, 2.45) is 0 Å². The van der Waals surface area contributed by atoms with Crippen molar-refractivity contribution in [3.8, 4) is 5.69 Å². The Hall–Kier alpha value is -2.68. The molecule has 3 aromatic rings. The van der Waals surface area contributed by atoms with Crippen molar-refractivity contribution >= 4 is 17.7 Å². The van der Waals surface area contributed by atoms with E-state index in [9.17, 15) is 4.79 Å². The minimum absolute atomic E-state index is 0.0296. The van der Waals surface area contributed by atoms with Crippen LogP contribution >= 0.6 is 11.8 Å². The van der Waals surface area contributed by atoms with Crippen molar-refractivity contribution in [1.29, 1.82) is 0 Å². The maximum Gasteiger partial charge on any atom is 0.230 e. The molecule has 0 radical (unpaired) electrons. The van der Waals surface area contributed by atoms with Crippen molar-refractivity contribution < 1.29 is 9.32 Å². The quantitative estimate of drug-likeness (QED) is 0.690. The van der Waals surface area contributed by atoms with Crippen LogP contribution in [0.5, 0.6) is 0 Å². The minimum atomic E-state index is -0.0784. The second-order valence-corrected chi connectivity index (χ2v) is 6.43. The number of aromatic nitrogens is 5. The highest BCUT2D eigenvalue weighted by atomic mass is 32.2. The number of benzene rings is 1. The third-order valence-corrected chi connectivity index (χ3v) is 4.42. The molecule has 130 valence electrons. The highest BCUT2D eigenvalue weighted by molar-refractivity contribution is 7.99. The fraction of sp³-hybridized carbons (Fsp3) is 0.312. The van der Waals surface area contributed by atoms with Gasteiger partial charge in [-0.1, -0.05) is 17.3 Å². The lowest BCUT2D eigenvalue weighted by molar-refractivity contribution is -0.119. The SMILES string of the molecule is Cc1nc(CSCC(=O)NC(C)c2ccc(-n3cncn3)cc2)no1. The molecule has 25 heavy (non-hydrogen) atoms. The van der Waals surface area contributed by atoms with Gasteiger partial charge in [-0.15, -0.1) is 11.8 Å². The number of nitrogens with zero attached hydrogens (tertiary/aromatic N) is 5. The monoisotopic (exact) mass is 358 g/mol. The van der Waals surface area contributed by atoms with Crippen molar-refractivity contribution in [1.82, 2.24) is 30.2 Å². The van der Waals surface area contributed by atoms with E-state index in [2.05, 4.69) is 25.5 Å². The van der Waals surface area contributed by atoms with E-state index < -0.39 is 0 Å². The molecule has 0 aliphatic rings. The van der Waals surface area contributed by atoms with Crippen LogP contribution in [0.1, 0.15) is 30.2 Å². The zero-order chi connectivity index (χ0) is 17.6. The maximum atomic E-state index is 12.1. The summed E-state index contributed by atoms with van der Waals surface area (Å²) in [6.45, 7) is 3.69. The normalized spacial score (nSPS) is 12.1. The lowest BCUT2D eigenvalue weighted by Crippen LogP contribution is -2.28. The summed E-state index contributed by atoms with van der Waals surface area (Å²) in [6, 6.07) is 7.75. The Morgan fingerprint density at radius 3 is 2.80 bits per heavy atom. The van der Waals surface area contributed by atoms with E-state index in [-0.39, 0.29) is 11.9 Å². The third kappa shape index (κ3) is 4.66. The number of hydrogen-bond acceptors (Lipinski definition) is 7. The van der Waals surface area contributed by atoms with E-state index in [1.165, 1.54) is 18.1 Å². The van der Waals surface area contributed by atoms with Gasteiger partial charge < -0.3 is 9.84 Å². The molecule has 2 heterocycles. The van der Waals surface area contributed by atoms with Gasteiger partial charge in [0.1, 0.15) is 12.7 Å². The molecule has 1 unspecified atom stereocenters. The highest BCUT2D eigenvalue weighted by Crippen LogP contribution is 2.16. The number of hydrogen-bond donors (Lipinski definition) is 1. The van der Waals surface area contributed by atoms with Gasteiger partial charge in [0.2, 0.25) is 11.8 Å². The molecular formula is C16H18N6O2S. The molecule has 0 bridgehead atoms. The van der Waals surface area contributed by atoms with Crippen molar-refractivity contribution in [3.63, 3.8) is 0 Å². The number of amides is 1. The lowest BCUT2D eigenvalue weighted by Gasteiger charge is -2.14. The molecule has 8 nitrogen and oxygen atoms in total. The summed E-state index contributed by atoms with van der Waals surface area (Å²) in [7, 11) is 0. The summed E-state index contributed by atoms with van der Waals surface area (Å²) >= 11 is 1.45. The van der Waals surface area contributed by atoms with Crippen LogP contribution in [0, 0.1) is 6.92 Å². The Morgan fingerprint density at radius 1 is 1.36 bits per heavy atom. The van der Waals surface area contributed by atoms with Crippen LogP contribution in [0.25, 0.3) is 5.69 Å². The van der Waals surface area contributed by atoms with Gasteiger partial charge in [-0.05, 0) is 24.6 Å². The van der Waals surface area contributed by atoms with Crippen molar-refractivity contribution in [2.45, 2.75) is 25.6 Å². The summed E-state index contributed by atoms with van der Waals surface area (Å²) in [6.07, 6.45) is 3.13. The number of carbonyl (C=O) groups excluding carboxylic acids is 1. The Kier molecular flexibility index (Phi) is 5.44. The lowest BCUT2D eigenvalue weighted by atomic mass is 10.1. The smallest absolute Gasteiger partial charge is 0.230 e. The summed E-state index contributed by atoms with van der Waals surface area (Å²) in [5.74, 6) is 1.99. The molecule has 1 amide bonds. The first-order chi connectivity index (χ1) is 12.1. The van der Waals surface area contributed by atoms with Crippen LogP contribution in [0.2, 0.25) is 0 Å². The second-order valence-electron chi connectivity index (χ2n) is 5.44. The van der Waals surface area contributed by atoms with Crippen molar-refractivity contribution in [3.05, 3.63) is 54.2 Å². The van der Waals surface area contributed by atoms with E-state index in [1.807, 2.05) is 31.2 Å². The van der Waals surface area contributed by atoms with Gasteiger partial charge in [-0.2, -0.15) is 10.1 Å². The van der Waals surface area contributed by atoms with Crippen LogP contribution < -0.4 is 5.32 Å². The first-order valence-electron chi connectivity index (χ1n) is 7.73. The Balaban J connectivity index is 1.47. The number of carbonyl (C=O) groups is 1. The van der Waals surface area contributed by atoms with Gasteiger partial charge in [0.05, 0.1) is 23.2 Å². The van der Waals surface area contributed by atoms with E-state index in [0.29, 0.717) is 23.2 Å². The number of aryl methyl sites for hydroxylation is 1. The van der Waals surface area contributed by atoms with Gasteiger partial charge in [0.15, 0.2) is 5.82 Å². The Morgan fingerprint density at radius 2 is 2.16 bits per heavy atom. The van der Waals surface area contributed by atoms with Crippen LogP contribution in [0.15, 0.2) is 41.4 Å². The summed E-state index contributed by atoms with van der Waals surface area (Å²) < 4.78 is 6.58. The fourth-order valence-electron chi connectivity index (χ4n) is 2.26. The molecule has 0 fully saturated rings. The highest BCUT2D eigenvalue weighted by Gasteiger charge is 2.11. The second kappa shape index (κ2) is 7.93. The van der Waals surface area contributed by atoms with Gasteiger partial charge in [0, 0.05) is 6.92 Å².